The number of allylic oxidation sites excluding steroid dienone is 1. The number of hydrogen-bond donors (Lipinski definition) is 1. The van der Waals surface area contributed by atoms with E-state index in [-0.39, 0.29) is 5.97 Å². The molecule has 7 nitrogen and oxygen atoms in total. The van der Waals surface area contributed by atoms with Gasteiger partial charge in [-0.3, -0.25) is 0 Å². The topological polar surface area (TPSA) is 78.3 Å². The lowest BCUT2D eigenvalue weighted by molar-refractivity contribution is -0.139. The van der Waals surface area contributed by atoms with E-state index >= 15 is 0 Å². The summed E-state index contributed by atoms with van der Waals surface area (Å²) in [6.45, 7) is 3.91. The quantitative estimate of drug-likeness (QED) is 0.871. The van der Waals surface area contributed by atoms with Gasteiger partial charge in [-0.1, -0.05) is 18.2 Å². The number of hydrogen-bond acceptors (Lipinski definition) is 6. The van der Waals surface area contributed by atoms with Crippen LogP contribution in [0.5, 0.6) is 5.75 Å². The third kappa shape index (κ3) is 2.54. The Labute approximate surface area is 133 Å². The molecule has 0 saturated carbocycles. The van der Waals surface area contributed by atoms with Gasteiger partial charge in [0.2, 0.25) is 5.95 Å². The van der Waals surface area contributed by atoms with Crippen molar-refractivity contribution in [2.75, 3.05) is 19.0 Å². The van der Waals surface area contributed by atoms with Crippen molar-refractivity contribution in [1.29, 1.82) is 0 Å². The van der Waals surface area contributed by atoms with Crippen molar-refractivity contribution in [3.05, 3.63) is 47.4 Å². The summed E-state index contributed by atoms with van der Waals surface area (Å²) in [5.41, 5.74) is 2.01. The highest BCUT2D eigenvalue weighted by atomic mass is 16.5. The monoisotopic (exact) mass is 314 g/mol. The summed E-state index contributed by atoms with van der Waals surface area (Å²) in [7, 11) is 1.60. The van der Waals surface area contributed by atoms with E-state index in [1.807, 2.05) is 31.2 Å². The van der Waals surface area contributed by atoms with Crippen LogP contribution in [0, 0.1) is 0 Å². The Morgan fingerprint density at radius 2 is 2.17 bits per heavy atom. The number of nitrogens with one attached hydrogen (secondary N) is 1. The predicted octanol–water partition coefficient (Wildman–Crippen LogP) is 2.14. The number of anilines is 1. The molecular weight excluding hydrogens is 296 g/mol. The number of para-hydroxylation sites is 1. The molecule has 0 spiro atoms. The first kappa shape index (κ1) is 15.1. The lowest BCUT2D eigenvalue weighted by Gasteiger charge is -2.28. The second-order valence-corrected chi connectivity index (χ2v) is 5.06. The van der Waals surface area contributed by atoms with E-state index in [1.165, 1.54) is 6.33 Å². The Kier molecular flexibility index (Phi) is 4.01. The maximum Gasteiger partial charge on any atom is 0.338 e. The van der Waals surface area contributed by atoms with E-state index in [2.05, 4.69) is 15.4 Å². The predicted molar refractivity (Wildman–Crippen MR) is 84.1 cm³/mol. The molecule has 3 rings (SSSR count). The minimum Gasteiger partial charge on any atom is -0.496 e. The van der Waals surface area contributed by atoms with E-state index in [0.717, 1.165) is 5.56 Å². The van der Waals surface area contributed by atoms with Crippen LogP contribution in [0.4, 0.5) is 5.95 Å². The molecule has 0 bridgehead atoms. The fourth-order valence-electron chi connectivity index (χ4n) is 2.74. The number of esters is 1. The Balaban J connectivity index is 2.19. The first-order chi connectivity index (χ1) is 11.2. The van der Waals surface area contributed by atoms with E-state index in [0.29, 0.717) is 29.6 Å². The lowest BCUT2D eigenvalue weighted by Crippen LogP contribution is -2.30. The number of methoxy groups -OCH3 is 1. The van der Waals surface area contributed by atoms with Crippen molar-refractivity contribution in [2.24, 2.45) is 0 Å². The summed E-state index contributed by atoms with van der Waals surface area (Å²) in [5.74, 6) is 0.872. The first-order valence-corrected chi connectivity index (χ1v) is 7.34. The van der Waals surface area contributed by atoms with Crippen molar-refractivity contribution in [3.8, 4) is 5.75 Å². The molecule has 1 unspecified atom stereocenters. The van der Waals surface area contributed by atoms with Crippen LogP contribution in [-0.4, -0.2) is 34.5 Å². The van der Waals surface area contributed by atoms with Gasteiger partial charge in [-0.15, -0.1) is 0 Å². The minimum atomic E-state index is -0.455. The Bertz CT molecular complexity index is 766. The van der Waals surface area contributed by atoms with Crippen molar-refractivity contribution in [3.63, 3.8) is 0 Å². The SMILES string of the molecule is CCOC(=O)C1=C(C)Nc2ncnn2C1c1ccccc1OC. The van der Waals surface area contributed by atoms with Gasteiger partial charge in [-0.05, 0) is 19.9 Å². The maximum atomic E-state index is 12.5. The van der Waals surface area contributed by atoms with Gasteiger partial charge >= 0.3 is 5.97 Å². The van der Waals surface area contributed by atoms with Gasteiger partial charge in [0.25, 0.3) is 0 Å². The molecule has 1 atom stereocenters. The number of aromatic nitrogens is 3. The Morgan fingerprint density at radius 3 is 2.91 bits per heavy atom. The molecule has 2 aromatic rings. The minimum absolute atomic E-state index is 0.304. The molecule has 1 aromatic carbocycles. The first-order valence-electron chi connectivity index (χ1n) is 7.34. The van der Waals surface area contributed by atoms with Crippen LogP contribution in [0.25, 0.3) is 0 Å². The van der Waals surface area contributed by atoms with E-state index in [4.69, 9.17) is 9.47 Å². The van der Waals surface area contributed by atoms with Crippen LogP contribution in [0.15, 0.2) is 41.9 Å². The van der Waals surface area contributed by atoms with Gasteiger partial charge in [0, 0.05) is 11.3 Å². The standard InChI is InChI=1S/C16H18N4O3/c1-4-23-15(21)13-10(2)19-16-17-9-18-20(16)14(13)11-7-5-6-8-12(11)22-3/h5-9,14H,4H2,1-3H3,(H,17,18,19). The van der Waals surface area contributed by atoms with E-state index in [9.17, 15) is 4.79 Å². The third-order valence-corrected chi connectivity index (χ3v) is 3.72. The molecule has 0 saturated heterocycles. The van der Waals surface area contributed by atoms with Gasteiger partial charge in [0.1, 0.15) is 18.1 Å². The smallest absolute Gasteiger partial charge is 0.338 e. The van der Waals surface area contributed by atoms with Crippen molar-refractivity contribution in [2.45, 2.75) is 19.9 Å². The van der Waals surface area contributed by atoms with Crippen molar-refractivity contribution in [1.82, 2.24) is 14.8 Å². The zero-order valence-electron chi connectivity index (χ0n) is 13.2. The van der Waals surface area contributed by atoms with Crippen LogP contribution in [0.1, 0.15) is 25.5 Å². The van der Waals surface area contributed by atoms with Gasteiger partial charge in [0.15, 0.2) is 0 Å². The highest BCUT2D eigenvalue weighted by molar-refractivity contribution is 5.92. The molecule has 1 aliphatic rings. The second kappa shape index (κ2) is 6.12. The second-order valence-electron chi connectivity index (χ2n) is 5.06. The molecule has 1 N–H and O–H groups in total. The average Bonchev–Trinajstić information content (AvgIpc) is 3.01. The summed E-state index contributed by atoms with van der Waals surface area (Å²) in [6, 6.07) is 7.09. The summed E-state index contributed by atoms with van der Waals surface area (Å²) in [5, 5.41) is 7.36. The molecule has 120 valence electrons. The third-order valence-electron chi connectivity index (χ3n) is 3.72. The molecule has 0 amide bonds. The number of carbonyl (C=O) groups is 1. The molecular formula is C16H18N4O3. The van der Waals surface area contributed by atoms with Crippen LogP contribution < -0.4 is 10.1 Å². The number of carbonyl (C=O) groups excluding carboxylic acids is 1. The molecule has 0 fully saturated rings. The van der Waals surface area contributed by atoms with Crippen molar-refractivity contribution >= 4 is 11.9 Å². The molecule has 7 heteroatoms. The molecule has 1 aliphatic heterocycles. The number of benzene rings is 1. The number of ether oxygens (including phenoxy) is 2. The summed E-state index contributed by atoms with van der Waals surface area (Å²) < 4.78 is 12.4. The summed E-state index contributed by atoms with van der Waals surface area (Å²) in [4.78, 5) is 16.7. The summed E-state index contributed by atoms with van der Waals surface area (Å²) in [6.07, 6.45) is 1.45. The lowest BCUT2D eigenvalue weighted by atomic mass is 9.95. The number of nitrogens with zero attached hydrogens (tertiary/aromatic N) is 3. The van der Waals surface area contributed by atoms with Crippen LogP contribution in [0.2, 0.25) is 0 Å². The van der Waals surface area contributed by atoms with Gasteiger partial charge in [-0.25, -0.2) is 9.48 Å². The van der Waals surface area contributed by atoms with Crippen LogP contribution in [0.3, 0.4) is 0 Å². The van der Waals surface area contributed by atoms with Gasteiger partial charge in [0.05, 0.1) is 19.3 Å². The number of rotatable bonds is 4. The fraction of sp³-hybridized carbons (Fsp3) is 0.312. The molecule has 23 heavy (non-hydrogen) atoms. The summed E-state index contributed by atoms with van der Waals surface area (Å²) >= 11 is 0. The van der Waals surface area contributed by atoms with E-state index in [1.54, 1.807) is 18.7 Å². The normalized spacial score (nSPS) is 16.6. The molecule has 0 radical (unpaired) electrons. The highest BCUT2D eigenvalue weighted by Crippen LogP contribution is 2.38. The van der Waals surface area contributed by atoms with E-state index < -0.39 is 6.04 Å². The van der Waals surface area contributed by atoms with Gasteiger partial charge < -0.3 is 14.8 Å². The molecule has 2 heterocycles. The van der Waals surface area contributed by atoms with Crippen LogP contribution in [-0.2, 0) is 9.53 Å². The molecule has 1 aromatic heterocycles. The highest BCUT2D eigenvalue weighted by Gasteiger charge is 2.35. The van der Waals surface area contributed by atoms with Gasteiger partial charge in [-0.2, -0.15) is 10.1 Å². The molecule has 0 aliphatic carbocycles. The number of fused-ring (bicyclic) bond motifs is 1. The largest absolute Gasteiger partial charge is 0.496 e. The average molecular weight is 314 g/mol. The zero-order valence-corrected chi connectivity index (χ0v) is 13.2. The Hall–Kier alpha value is -2.83. The van der Waals surface area contributed by atoms with Crippen molar-refractivity contribution < 1.29 is 14.3 Å². The zero-order chi connectivity index (χ0) is 16.4. The van der Waals surface area contributed by atoms with Crippen LogP contribution >= 0.6 is 0 Å². The fourth-order valence-corrected chi connectivity index (χ4v) is 2.74. The Morgan fingerprint density at radius 1 is 1.39 bits per heavy atom. The maximum absolute atomic E-state index is 12.5.